The summed E-state index contributed by atoms with van der Waals surface area (Å²) in [6.07, 6.45) is 17.4. The molecule has 79 heavy (non-hydrogen) atoms. The number of nitrogens with zero attached hydrogens (tertiary/aromatic N) is 5. The van der Waals surface area contributed by atoms with Crippen molar-refractivity contribution in [1.82, 2.24) is 14.0 Å². The van der Waals surface area contributed by atoms with Crippen LogP contribution in [0.25, 0.3) is 0 Å². The quantitative estimate of drug-likeness (QED) is 0.0372. The lowest BCUT2D eigenvalue weighted by atomic mass is 9.99. The normalized spacial score (nSPS) is 10.9. The van der Waals surface area contributed by atoms with Gasteiger partial charge in [0, 0.05) is 53.5 Å². The van der Waals surface area contributed by atoms with E-state index in [0.29, 0.717) is 44.2 Å². The summed E-state index contributed by atoms with van der Waals surface area (Å²) in [6, 6.07) is 20.6. The molecule has 0 saturated heterocycles. The molecule has 0 spiro atoms. The van der Waals surface area contributed by atoms with Crippen molar-refractivity contribution in [3.8, 4) is 70.4 Å². The molecule has 420 valence electrons. The van der Waals surface area contributed by atoms with Crippen LogP contribution in [0.3, 0.4) is 0 Å². The Labute approximate surface area is 480 Å². The van der Waals surface area contributed by atoms with Gasteiger partial charge in [0.25, 0.3) is 0 Å². The van der Waals surface area contributed by atoms with Gasteiger partial charge >= 0.3 is 0 Å². The van der Waals surface area contributed by atoms with Gasteiger partial charge in [0.2, 0.25) is 12.7 Å². The lowest BCUT2D eigenvalue weighted by molar-refractivity contribution is -0.858. The van der Waals surface area contributed by atoms with Crippen molar-refractivity contribution in [3.05, 3.63) is 141 Å². The number of rotatable bonds is 24. The maximum atomic E-state index is 6.36. The fraction of sp³-hybridized carbons (Fsp3) is 0.471. The second-order valence-corrected chi connectivity index (χ2v) is 22.9. The highest BCUT2D eigenvalue weighted by Crippen LogP contribution is 2.35. The van der Waals surface area contributed by atoms with Gasteiger partial charge in [0.05, 0.1) is 95.1 Å². The minimum atomic E-state index is 0.284. The average molecular weight is 1090 g/mol. The first kappa shape index (κ1) is 63.0. The topological polar surface area (TPSA) is 62.2 Å². The Morgan fingerprint density at radius 1 is 0.544 bits per heavy atom. The van der Waals surface area contributed by atoms with E-state index in [1.807, 2.05) is 59.9 Å². The third-order valence-electron chi connectivity index (χ3n) is 12.7. The van der Waals surface area contributed by atoms with Crippen LogP contribution in [0, 0.1) is 59.2 Å². The molecule has 0 aliphatic heterocycles. The van der Waals surface area contributed by atoms with Gasteiger partial charge in [-0.2, -0.15) is 0 Å². The first-order valence-corrected chi connectivity index (χ1v) is 29.4. The van der Waals surface area contributed by atoms with Gasteiger partial charge < -0.3 is 28.7 Å². The molecule has 0 amide bonds. The zero-order chi connectivity index (χ0) is 57.1. The van der Waals surface area contributed by atoms with Gasteiger partial charge in [-0.15, -0.1) is 11.3 Å². The summed E-state index contributed by atoms with van der Waals surface area (Å²) < 4.78 is 33.8. The largest absolute Gasteiger partial charge is 0.493 e. The number of aromatic nitrogens is 4. The molecule has 6 rings (SSSR count). The molecule has 0 radical (unpaired) electrons. The Bertz CT molecular complexity index is 3060. The van der Waals surface area contributed by atoms with Gasteiger partial charge in [0.1, 0.15) is 47.8 Å². The molecule has 6 aromatic rings. The number of hydrogen-bond acceptors (Lipinski definition) is 6. The lowest BCUT2D eigenvalue weighted by Gasteiger charge is -2.19. The zero-order valence-corrected chi connectivity index (χ0v) is 51.0. The number of thiophene rings is 1. The summed E-state index contributed by atoms with van der Waals surface area (Å²) in [7, 11) is 10.6. The van der Waals surface area contributed by atoms with Crippen LogP contribution < -0.4 is 33.0 Å². The molecular weight excluding hydrogens is 997 g/mol. The average Bonchev–Trinajstić information content (AvgIpc) is 4.19. The van der Waals surface area contributed by atoms with E-state index in [1.54, 1.807) is 11.3 Å². The van der Waals surface area contributed by atoms with Crippen LogP contribution in [-0.2, 0) is 27.2 Å². The highest BCUT2D eigenvalue weighted by atomic mass is 32.1. The predicted molar refractivity (Wildman–Crippen MR) is 324 cm³/mol. The van der Waals surface area contributed by atoms with E-state index in [2.05, 4.69) is 206 Å². The summed E-state index contributed by atoms with van der Waals surface area (Å²) in [6.45, 7) is 27.0. The van der Waals surface area contributed by atoms with Crippen molar-refractivity contribution in [2.45, 2.75) is 119 Å². The number of imidazole rings is 2. The number of quaternary nitrogens is 1. The lowest BCUT2D eigenvalue weighted by Crippen LogP contribution is -3.05. The standard InChI is InChI=1S/C36H44N4O2.C32H46N2O2S/c1-29(2)9-10-31-11-13-32(14-12-31)15-16-33-25-36(42-24-8-18-40-22-20-38(6)28-40)34(30(3)4)26-35(33)41-23-7-17-39-21-19-37(5)27-39;1-9-34(8)20-12-22-35-31-24-30(26(4)5)32(36-21-11-10-19-33(6)7)23-27(31)14-16-29-18-17-28(37-29)15-13-25(2)3/h11-14,19-22,25-30H,7-8,17-18,23-24H2,1-6H3;17-18,23-26H,9-12,19-22H2,1-8H3/q+2;/p+1. The molecule has 0 fully saturated rings. The van der Waals surface area contributed by atoms with Crippen LogP contribution in [0.5, 0.6) is 23.0 Å². The molecule has 3 heterocycles. The molecule has 0 aliphatic rings. The Morgan fingerprint density at radius 3 is 1.47 bits per heavy atom. The molecule has 0 saturated carbocycles. The second kappa shape index (κ2) is 33.5. The van der Waals surface area contributed by atoms with Crippen LogP contribution in [-0.4, -0.2) is 81.2 Å². The van der Waals surface area contributed by atoms with Gasteiger partial charge in [-0.1, -0.05) is 110 Å². The maximum Gasteiger partial charge on any atom is 0.243 e. The highest BCUT2D eigenvalue weighted by Gasteiger charge is 2.17. The zero-order valence-electron chi connectivity index (χ0n) is 50.2. The van der Waals surface area contributed by atoms with E-state index in [4.69, 9.17) is 18.9 Å². The summed E-state index contributed by atoms with van der Waals surface area (Å²) in [5.41, 5.74) is 5.96. The Kier molecular flexibility index (Phi) is 26.7. The van der Waals surface area contributed by atoms with Crippen LogP contribution in [0.15, 0.2) is 98.1 Å². The number of ether oxygens (including phenoxy) is 4. The van der Waals surface area contributed by atoms with Crippen LogP contribution in [0.1, 0.15) is 149 Å². The van der Waals surface area contributed by atoms with Crippen molar-refractivity contribution < 1.29 is 33.0 Å². The first-order valence-electron chi connectivity index (χ1n) is 28.6. The predicted octanol–water partition coefficient (Wildman–Crippen LogP) is 10.7. The first-order chi connectivity index (χ1) is 38.0. The highest BCUT2D eigenvalue weighted by molar-refractivity contribution is 7.13. The SMILES string of the molecule is CC(C)C#Cc1ccc(C#Cc2cc(OCCCn3cc[n+](C)c3)c(C(C)C)cc2OCCCn2cc[n+](C)c2)cc1.CCN(C)CCCOc1cc(C(C)C)c(OCCCC[NH+](C)C)cc1C#Cc1ccc(C#CC(C)C)s1. The fourth-order valence-corrected chi connectivity index (χ4v) is 8.84. The van der Waals surface area contributed by atoms with Gasteiger partial charge in [-0.25, -0.2) is 18.3 Å². The Hall–Kier alpha value is -6.86. The maximum absolute atomic E-state index is 6.36. The van der Waals surface area contributed by atoms with Crippen molar-refractivity contribution in [2.75, 3.05) is 67.2 Å². The van der Waals surface area contributed by atoms with E-state index >= 15 is 0 Å². The fourth-order valence-electron chi connectivity index (χ4n) is 8.12. The molecule has 0 unspecified atom stereocenters. The van der Waals surface area contributed by atoms with E-state index in [0.717, 1.165) is 125 Å². The van der Waals surface area contributed by atoms with Crippen LogP contribution >= 0.6 is 11.3 Å². The number of aryl methyl sites for hydroxylation is 4. The monoisotopic (exact) mass is 1090 g/mol. The summed E-state index contributed by atoms with van der Waals surface area (Å²) in [5.74, 6) is 31.1. The second-order valence-electron chi connectivity index (χ2n) is 21.8. The summed E-state index contributed by atoms with van der Waals surface area (Å²) >= 11 is 1.63. The van der Waals surface area contributed by atoms with Gasteiger partial charge in [-0.05, 0) is 105 Å². The molecule has 1 N–H and O–H groups in total. The Balaban J connectivity index is 0.000000293. The molecule has 0 bridgehead atoms. The minimum Gasteiger partial charge on any atom is -0.493 e. The van der Waals surface area contributed by atoms with Crippen LogP contribution in [0.2, 0.25) is 0 Å². The number of hydrogen-bond donors (Lipinski definition) is 1. The summed E-state index contributed by atoms with van der Waals surface area (Å²) in [5, 5.41) is 0. The third kappa shape index (κ3) is 23.2. The van der Waals surface area contributed by atoms with Gasteiger partial charge in [0.15, 0.2) is 0 Å². The Morgan fingerprint density at radius 2 is 1.00 bits per heavy atom. The third-order valence-corrected chi connectivity index (χ3v) is 13.6. The molecule has 3 aromatic heterocycles. The van der Waals surface area contributed by atoms with E-state index < -0.39 is 0 Å². The van der Waals surface area contributed by atoms with E-state index in [1.165, 1.54) is 10.5 Å². The molecule has 0 atom stereocenters. The molecule has 11 heteroatoms. The van der Waals surface area contributed by atoms with E-state index in [-0.39, 0.29) is 5.92 Å². The number of benzene rings is 3. The van der Waals surface area contributed by atoms with Crippen molar-refractivity contribution in [1.29, 1.82) is 0 Å². The molecule has 0 aliphatic carbocycles. The smallest absolute Gasteiger partial charge is 0.243 e. The van der Waals surface area contributed by atoms with Crippen molar-refractivity contribution in [2.24, 2.45) is 25.9 Å². The molecule has 10 nitrogen and oxygen atoms in total. The number of nitrogens with one attached hydrogen (secondary N) is 1. The summed E-state index contributed by atoms with van der Waals surface area (Å²) in [4.78, 5) is 5.83. The van der Waals surface area contributed by atoms with Crippen LogP contribution in [0.4, 0.5) is 0 Å². The molecular formula is C68H91N6O4S+3. The van der Waals surface area contributed by atoms with Crippen molar-refractivity contribution in [3.63, 3.8) is 0 Å². The molecule has 3 aromatic carbocycles. The van der Waals surface area contributed by atoms with Crippen molar-refractivity contribution >= 4 is 11.3 Å². The number of unbranched alkanes of at least 4 members (excludes halogenated alkanes) is 1. The van der Waals surface area contributed by atoms with Gasteiger partial charge in [-0.3, -0.25) is 0 Å². The minimum absolute atomic E-state index is 0.284. The van der Waals surface area contributed by atoms with E-state index in [9.17, 15) is 0 Å².